The third-order valence-electron chi connectivity index (χ3n) is 26.1. The maximum Gasteiger partial charge on any atom is 0.568 e. The second-order valence-corrected chi connectivity index (χ2v) is 39.2. The van der Waals surface area contributed by atoms with Gasteiger partial charge in [0.2, 0.25) is 100 Å². The minimum atomic E-state index is -2.63. The molecule has 3 fully saturated rings. The number of carbonyl (C=O) groups excluding carboxylic acids is 18. The lowest BCUT2D eigenvalue weighted by Gasteiger charge is -2.36. The first-order valence-electron chi connectivity index (χ1n) is 48.8. The van der Waals surface area contributed by atoms with Gasteiger partial charge in [-0.05, 0) is 129 Å². The summed E-state index contributed by atoms with van der Waals surface area (Å²) in [6.07, 6.45) is -0.271. The van der Waals surface area contributed by atoms with Crippen LogP contribution in [0.15, 0.2) is 97.3 Å². The number of aromatic amines is 1. The van der Waals surface area contributed by atoms with Crippen molar-refractivity contribution < 1.29 is 115 Å². The maximum absolute atomic E-state index is 16.7. The number of carbonyl (C=O) groups is 18. The second kappa shape index (κ2) is 52.7. The van der Waals surface area contributed by atoms with Crippen LogP contribution in [0.3, 0.4) is 0 Å². The molecule has 2 aromatic heterocycles. The van der Waals surface area contributed by atoms with Gasteiger partial charge in [-0.2, -0.15) is 0 Å². The number of aliphatic hydroxyl groups is 1. The third kappa shape index (κ3) is 30.5. The molecule has 21 N–H and O–H groups in total. The highest BCUT2D eigenvalue weighted by molar-refractivity contribution is 8.00. The van der Waals surface area contributed by atoms with E-state index in [2.05, 4.69) is 63.5 Å². The number of thioether (sulfide) groups is 1. The Labute approximate surface area is 842 Å². The summed E-state index contributed by atoms with van der Waals surface area (Å²) in [4.78, 5) is 277. The van der Waals surface area contributed by atoms with Gasteiger partial charge in [0.05, 0.1) is 30.3 Å². The van der Waals surface area contributed by atoms with E-state index in [1.807, 2.05) is 13.8 Å². The highest BCUT2D eigenvalue weighted by Gasteiger charge is 2.48. The van der Waals surface area contributed by atoms with Gasteiger partial charge in [-0.25, -0.2) is 8.78 Å². The van der Waals surface area contributed by atoms with Crippen LogP contribution in [0.25, 0.3) is 21.8 Å². The molecule has 17 amide bonds. The van der Waals surface area contributed by atoms with Gasteiger partial charge < -0.3 is 130 Å². The molecule has 5 aliphatic heterocycles. The van der Waals surface area contributed by atoms with E-state index in [0.717, 1.165) is 48.4 Å². The highest BCUT2D eigenvalue weighted by atomic mass is 32.2. The predicted molar refractivity (Wildman–Crippen MR) is 530 cm³/mol. The zero-order valence-electron chi connectivity index (χ0n) is 83.0. The number of likely N-dealkylation sites (N-methyl/N-ethyl adjacent to an activating group) is 3. The molecule has 786 valence electrons. The number of benzene rings is 4. The number of nitrogens with zero attached hydrogens (tertiary/aromatic N) is 6. The lowest BCUT2D eigenvalue weighted by Crippen LogP contribution is -2.62. The van der Waals surface area contributed by atoms with E-state index < -0.39 is 291 Å². The molecule has 0 unspecified atom stereocenters. The molecular weight excluding hydrogens is 1900 g/mol. The Morgan fingerprint density at radius 2 is 1.20 bits per heavy atom. The van der Waals surface area contributed by atoms with Gasteiger partial charge in [0.1, 0.15) is 109 Å². The number of phenols is 1. The quantitative estimate of drug-likeness (QED) is 0.0348. The number of nitrogens with two attached hydrogens (primary N) is 3. The van der Waals surface area contributed by atoms with Crippen molar-refractivity contribution in [1.82, 2.24) is 92.5 Å². The number of aliphatic hydroxyl groups excluding tert-OH is 1. The summed E-state index contributed by atoms with van der Waals surface area (Å²) < 4.78 is 40.0. The van der Waals surface area contributed by atoms with Crippen LogP contribution in [-0.2, 0) is 123 Å². The number of unbranched alkanes of at least 4 members (excludes halogenated alkanes) is 2. The lowest BCUT2D eigenvalue weighted by atomic mass is 9.78. The molecule has 4 aromatic carbocycles. The van der Waals surface area contributed by atoms with Crippen LogP contribution in [0.5, 0.6) is 5.75 Å². The topological polar surface area (TPSA) is 624 Å². The van der Waals surface area contributed by atoms with Gasteiger partial charge in [0.15, 0.2) is 0 Å². The molecule has 11 rings (SSSR count). The number of phenolic OH excluding ortho intramolecular Hbond substituents is 1. The molecule has 47 heteroatoms. The zero-order chi connectivity index (χ0) is 106. The number of hydrogen-bond donors (Lipinski definition) is 18. The average molecular weight is 2040 g/mol. The Morgan fingerprint density at radius 1 is 0.607 bits per heavy atom. The molecule has 0 aliphatic carbocycles. The molecular formula is C98H134BF2N21O22S. The molecule has 43 nitrogen and oxygen atoms in total. The number of aromatic nitrogens is 2. The van der Waals surface area contributed by atoms with E-state index in [-0.39, 0.29) is 106 Å². The number of primary amides is 2. The van der Waals surface area contributed by atoms with E-state index in [9.17, 15) is 53.6 Å². The van der Waals surface area contributed by atoms with Crippen molar-refractivity contribution in [2.45, 2.75) is 255 Å². The van der Waals surface area contributed by atoms with Gasteiger partial charge in [-0.15, -0.1) is 11.8 Å². The number of fused-ring (bicyclic) bond motifs is 10. The molecule has 15 atom stereocenters. The summed E-state index contributed by atoms with van der Waals surface area (Å²) in [5, 5.41) is 63.8. The average Bonchev–Trinajstić information content (AvgIpc) is 1.65. The molecule has 0 saturated carbocycles. The highest BCUT2D eigenvalue weighted by Crippen LogP contribution is 2.30. The van der Waals surface area contributed by atoms with Gasteiger partial charge >= 0.3 is 13.1 Å². The fourth-order valence-electron chi connectivity index (χ4n) is 18.3. The van der Waals surface area contributed by atoms with Gasteiger partial charge in [-0.1, -0.05) is 116 Å². The normalized spacial score (nSPS) is 24.8. The third-order valence-corrected chi connectivity index (χ3v) is 27.2. The van der Waals surface area contributed by atoms with Crippen molar-refractivity contribution >= 4 is 153 Å². The molecule has 7 heterocycles. The summed E-state index contributed by atoms with van der Waals surface area (Å²) in [7, 11) is 1.19. The van der Waals surface area contributed by atoms with Crippen molar-refractivity contribution in [2.75, 3.05) is 65.4 Å². The Kier molecular flexibility index (Phi) is 41.2. The van der Waals surface area contributed by atoms with E-state index in [0.29, 0.717) is 46.7 Å². The van der Waals surface area contributed by atoms with Crippen LogP contribution in [0.4, 0.5) is 8.78 Å². The van der Waals surface area contributed by atoms with E-state index in [4.69, 9.17) is 21.9 Å². The minimum Gasteiger partial charge on any atom is -0.508 e. The van der Waals surface area contributed by atoms with Crippen molar-refractivity contribution in [3.05, 3.63) is 131 Å². The fraction of sp³-hybridized carbons (Fsp3) is 0.531. The number of H-pyrrole nitrogens is 1. The molecule has 145 heavy (non-hydrogen) atoms. The monoisotopic (exact) mass is 2040 g/mol. The van der Waals surface area contributed by atoms with Crippen molar-refractivity contribution in [1.29, 1.82) is 0 Å². The molecule has 0 spiro atoms. The van der Waals surface area contributed by atoms with Crippen LogP contribution in [-0.4, -0.2) is 319 Å². The number of amides is 17. The lowest BCUT2D eigenvalue weighted by molar-refractivity contribution is -0.149. The molecule has 6 aromatic rings. The molecule has 0 radical (unpaired) electrons. The van der Waals surface area contributed by atoms with Crippen LogP contribution in [0, 0.1) is 23.5 Å². The first-order valence-corrected chi connectivity index (χ1v) is 49.9. The van der Waals surface area contributed by atoms with Crippen LogP contribution in [0.2, 0.25) is 0 Å². The van der Waals surface area contributed by atoms with Crippen LogP contribution in [0.1, 0.15) is 154 Å². The summed E-state index contributed by atoms with van der Waals surface area (Å²) in [5.74, 6) is -22.9. The Balaban J connectivity index is 1.12. The number of hydrogen-bond acceptors (Lipinski definition) is 25. The van der Waals surface area contributed by atoms with Gasteiger partial charge in [0, 0.05) is 113 Å². The Morgan fingerprint density at radius 3 is 1.86 bits per heavy atom. The van der Waals surface area contributed by atoms with E-state index in [1.165, 1.54) is 63.1 Å². The van der Waals surface area contributed by atoms with Crippen molar-refractivity contribution in [3.63, 3.8) is 0 Å². The maximum atomic E-state index is 16.7. The first kappa shape index (κ1) is 113. The SMILES string of the molecule is CCCC[C@H]1C(=O)N(C)[C@@H](CCCC)C(=O)N[C@@H](CC(C)C)C(=O)N[C@H](C(=O)NCC(N)=O)CSCC(=O)N[C@@H](Cc2ccc(O)cc2)C(=O)N(C)[C@@H](C)C(=O)N[C@@H](CC(N)=O)C(=O)N2CCC[C@H]2C(=O)N[C@H]2CNCc3cc(F)c(c(F)c3)B(O)OC(=O)Cn3cc(c4ccccc43)C[C@H](NC(=O)[C@H](CCN)NC(=O)[C@H](Cc3c[nH]c4ccccc34)NC(=O)[C@@H]3C[C@@H](O)CN3C(=O)[C@H](CC(C)C)NC2=O)C(=O)N1C. The van der Waals surface area contributed by atoms with Crippen molar-refractivity contribution in [2.24, 2.45) is 29.0 Å². The van der Waals surface area contributed by atoms with Gasteiger partial charge in [0.25, 0.3) is 0 Å². The summed E-state index contributed by atoms with van der Waals surface area (Å²) in [6.45, 7) is 7.93. The Bertz CT molecular complexity index is 5690. The Hall–Kier alpha value is -13.7. The smallest absolute Gasteiger partial charge is 0.508 e. The number of halogens is 2. The number of aromatic hydroxyl groups is 1. The molecule has 5 aliphatic rings. The predicted octanol–water partition coefficient (Wildman–Crippen LogP) is -1.97. The summed E-state index contributed by atoms with van der Waals surface area (Å²) in [6, 6.07) is -2.33. The first-order chi connectivity index (χ1) is 68.9. The van der Waals surface area contributed by atoms with Crippen LogP contribution >= 0.6 is 11.8 Å². The van der Waals surface area contributed by atoms with Crippen molar-refractivity contribution in [3.8, 4) is 5.75 Å². The van der Waals surface area contributed by atoms with E-state index in [1.54, 1.807) is 82.4 Å². The minimum absolute atomic E-state index is 0.0402. The number of para-hydroxylation sites is 2. The van der Waals surface area contributed by atoms with E-state index >= 15 is 56.7 Å². The standard InChI is InChI=1S/C98H134BF2N21O22S/c1-11-13-23-76-91(135)110-67(34-52(3)4)88(132)116-74(86(130)107-46-81(104)126)50-145-51-82(127)108-70(38-55-27-29-59(123)30-28-55)94(138)117(8)54(7)85(129)112-72(42-80(103)125)96(140)121-33-19-26-77(121)92(136)115-73-45-105-43-56-36-63(100)84(64(101)37-56)99(143)144-83(128)49-120-47-58(62-21-16-18-25-75(62)120)40-71(95(139)119(10)78(24-14-12-2)98(142)118(76)9)114-87(131)66(31-32-102)109-89(133)68(39-57-44-106-65-22-17-15-20-61(57)65)111-93(137)79-41-60(124)48-122(79)97(141)69(35-53(5)6)113-90(73)134/h15-18,20-22,25,27-30,36-37,44,47,52-54,60,66-74,76-79,105-106,123-124,143H,11-14,19,23-24,26,31-35,38-43,45-46,48-51,102H2,1-10H3,(H2,103,125)(H2,104,126)(H,107,130)(H,108,127)(H,109,133)(H,110,135)(H,111,137)(H,112,129)(H,113,134)(H,114,131)(H,115,136)(H,116,132)/t54-,60+,66-,67-,68-,69-,70-,71-,72-,73-,74-,76-,77-,78-,79-/m0/s1. The largest absolute Gasteiger partial charge is 0.568 e. The number of nitrogens with one attached hydrogen (secondary N) is 12. The summed E-state index contributed by atoms with van der Waals surface area (Å²) >= 11 is 0.768. The number of rotatable bonds is 21. The summed E-state index contributed by atoms with van der Waals surface area (Å²) in [5.41, 5.74) is 18.1. The van der Waals surface area contributed by atoms with Gasteiger partial charge in [-0.3, -0.25) is 86.3 Å². The second-order valence-electron chi connectivity index (χ2n) is 38.1. The molecule has 3 saturated heterocycles. The zero-order valence-corrected chi connectivity index (χ0v) is 83.8. The molecule has 6 bridgehead atoms. The fourth-order valence-corrected chi connectivity index (χ4v) is 19.2. The van der Waals surface area contributed by atoms with Crippen LogP contribution < -0.4 is 81.1 Å².